The standard InChI is InChI=1S/C37H40N6O4/c38-36(39)40-21-11-20-32(34(44)41-23-26-14-5-2-6-15-26)42-35(45)33(22-25-12-3-1-4-13-25)43-37(46)47-24-31-29-18-9-7-16-27(29)28-17-8-10-19-30(28)31/h1-10,12-19,31-33H,11,20-24H2,(H,41,44)(H,42,45)(H,43,46)(H4,38,39,40)/t32-,33-/m0/s1. The Balaban J connectivity index is 1.27. The summed E-state index contributed by atoms with van der Waals surface area (Å²) in [5, 5.41) is 8.52. The molecule has 4 aromatic carbocycles. The number of aliphatic imine (C=N–C) groups is 1. The third-order valence-corrected chi connectivity index (χ3v) is 8.12. The van der Waals surface area contributed by atoms with Crippen LogP contribution in [0.2, 0.25) is 0 Å². The summed E-state index contributed by atoms with van der Waals surface area (Å²) < 4.78 is 5.75. The summed E-state index contributed by atoms with van der Waals surface area (Å²) in [5.74, 6) is -1.04. The van der Waals surface area contributed by atoms with Crippen molar-refractivity contribution in [2.75, 3.05) is 13.2 Å². The molecule has 4 aromatic rings. The highest BCUT2D eigenvalue weighted by atomic mass is 16.5. The van der Waals surface area contributed by atoms with E-state index < -0.39 is 24.1 Å². The minimum atomic E-state index is -1.00. The third-order valence-electron chi connectivity index (χ3n) is 8.12. The van der Waals surface area contributed by atoms with Gasteiger partial charge in [0.25, 0.3) is 0 Å². The van der Waals surface area contributed by atoms with E-state index in [2.05, 4.69) is 33.1 Å². The van der Waals surface area contributed by atoms with Gasteiger partial charge in [-0.1, -0.05) is 109 Å². The van der Waals surface area contributed by atoms with Gasteiger partial charge >= 0.3 is 6.09 Å². The van der Waals surface area contributed by atoms with Crippen LogP contribution in [0.3, 0.4) is 0 Å². The van der Waals surface area contributed by atoms with Gasteiger partial charge in [-0.25, -0.2) is 4.79 Å². The number of nitrogens with one attached hydrogen (secondary N) is 3. The van der Waals surface area contributed by atoms with E-state index in [0.29, 0.717) is 19.5 Å². The van der Waals surface area contributed by atoms with E-state index in [1.54, 1.807) is 0 Å². The first-order chi connectivity index (χ1) is 22.9. The molecule has 0 heterocycles. The van der Waals surface area contributed by atoms with Crippen molar-refractivity contribution in [2.24, 2.45) is 16.5 Å². The van der Waals surface area contributed by atoms with Gasteiger partial charge in [0.15, 0.2) is 5.96 Å². The van der Waals surface area contributed by atoms with Crippen molar-refractivity contribution in [3.05, 3.63) is 131 Å². The van der Waals surface area contributed by atoms with Gasteiger partial charge in [-0.3, -0.25) is 14.6 Å². The minimum absolute atomic E-state index is 0.0469. The zero-order chi connectivity index (χ0) is 33.0. The highest BCUT2D eigenvalue weighted by molar-refractivity contribution is 5.91. The number of nitrogens with two attached hydrogens (primary N) is 2. The van der Waals surface area contributed by atoms with Crippen LogP contribution in [-0.2, 0) is 27.3 Å². The van der Waals surface area contributed by atoms with E-state index in [-0.39, 0.29) is 37.2 Å². The third kappa shape index (κ3) is 8.97. The number of carbonyl (C=O) groups is 3. The van der Waals surface area contributed by atoms with Gasteiger partial charge in [0.2, 0.25) is 11.8 Å². The Morgan fingerprint density at radius 1 is 0.702 bits per heavy atom. The molecule has 0 spiro atoms. The van der Waals surface area contributed by atoms with E-state index in [0.717, 1.165) is 33.4 Å². The second kappa shape index (κ2) is 16.1. The summed E-state index contributed by atoms with van der Waals surface area (Å²) in [6.07, 6.45) is 0.209. The molecule has 0 fully saturated rings. The lowest BCUT2D eigenvalue weighted by Crippen LogP contribution is -2.54. The monoisotopic (exact) mass is 632 g/mol. The molecule has 0 saturated carbocycles. The first-order valence-electron chi connectivity index (χ1n) is 15.7. The lowest BCUT2D eigenvalue weighted by Gasteiger charge is -2.23. The molecule has 10 nitrogen and oxygen atoms in total. The largest absolute Gasteiger partial charge is 0.449 e. The maximum atomic E-state index is 13.8. The first kappa shape index (κ1) is 32.7. The molecule has 1 aliphatic carbocycles. The maximum absolute atomic E-state index is 13.8. The predicted octanol–water partition coefficient (Wildman–Crippen LogP) is 3.99. The number of carbonyl (C=O) groups excluding carboxylic acids is 3. The van der Waals surface area contributed by atoms with Gasteiger partial charge in [-0.2, -0.15) is 0 Å². The van der Waals surface area contributed by atoms with Crippen LogP contribution < -0.4 is 27.4 Å². The van der Waals surface area contributed by atoms with E-state index >= 15 is 0 Å². The van der Waals surface area contributed by atoms with Gasteiger partial charge in [-0.05, 0) is 46.2 Å². The van der Waals surface area contributed by atoms with Gasteiger partial charge in [-0.15, -0.1) is 0 Å². The number of benzene rings is 4. The zero-order valence-corrected chi connectivity index (χ0v) is 26.1. The van der Waals surface area contributed by atoms with Crippen molar-refractivity contribution in [2.45, 2.75) is 43.8 Å². The van der Waals surface area contributed by atoms with Crippen LogP contribution in [-0.4, -0.2) is 49.1 Å². The molecule has 7 N–H and O–H groups in total. The molecular weight excluding hydrogens is 592 g/mol. The maximum Gasteiger partial charge on any atom is 0.407 e. The molecule has 0 bridgehead atoms. The van der Waals surface area contributed by atoms with Crippen LogP contribution in [0.4, 0.5) is 4.79 Å². The number of hydrogen-bond donors (Lipinski definition) is 5. The predicted molar refractivity (Wildman–Crippen MR) is 182 cm³/mol. The van der Waals surface area contributed by atoms with Crippen molar-refractivity contribution in [3.8, 4) is 11.1 Å². The summed E-state index contributed by atoms with van der Waals surface area (Å²) in [7, 11) is 0. The molecule has 47 heavy (non-hydrogen) atoms. The van der Waals surface area contributed by atoms with E-state index in [1.807, 2.05) is 97.1 Å². The summed E-state index contributed by atoms with van der Waals surface area (Å²) in [5.41, 5.74) is 17.1. The van der Waals surface area contributed by atoms with Crippen LogP contribution in [0.15, 0.2) is 114 Å². The normalized spacial score (nSPS) is 12.9. The number of rotatable bonds is 14. The van der Waals surface area contributed by atoms with E-state index in [4.69, 9.17) is 16.2 Å². The fourth-order valence-electron chi connectivity index (χ4n) is 5.79. The van der Waals surface area contributed by atoms with Crippen LogP contribution in [0, 0.1) is 0 Å². The Kier molecular flexibility index (Phi) is 11.2. The van der Waals surface area contributed by atoms with E-state index in [9.17, 15) is 14.4 Å². The topological polar surface area (TPSA) is 161 Å². The fraction of sp³-hybridized carbons (Fsp3) is 0.243. The molecule has 5 rings (SSSR count). The molecule has 0 radical (unpaired) electrons. The Bertz CT molecular complexity index is 1650. The molecule has 0 aromatic heterocycles. The molecule has 3 amide bonds. The number of amides is 3. The lowest BCUT2D eigenvalue weighted by molar-refractivity contribution is -0.130. The van der Waals surface area contributed by atoms with Crippen molar-refractivity contribution < 1.29 is 19.1 Å². The highest BCUT2D eigenvalue weighted by Gasteiger charge is 2.31. The molecule has 1 aliphatic rings. The number of ether oxygens (including phenoxy) is 1. The molecular formula is C37H40N6O4. The Morgan fingerprint density at radius 2 is 1.28 bits per heavy atom. The SMILES string of the molecule is NC(N)=NCCC[C@H](NC(=O)[C@H](Cc1ccccc1)NC(=O)OCC1c2ccccc2-c2ccccc21)C(=O)NCc1ccccc1. The minimum Gasteiger partial charge on any atom is -0.449 e. The van der Waals surface area contributed by atoms with Crippen molar-refractivity contribution in [1.82, 2.24) is 16.0 Å². The van der Waals surface area contributed by atoms with Crippen molar-refractivity contribution in [3.63, 3.8) is 0 Å². The number of fused-ring (bicyclic) bond motifs is 3. The van der Waals surface area contributed by atoms with Gasteiger partial charge < -0.3 is 32.2 Å². The van der Waals surface area contributed by atoms with Crippen LogP contribution in [0.1, 0.15) is 41.0 Å². The van der Waals surface area contributed by atoms with Gasteiger partial charge in [0.05, 0.1) is 0 Å². The summed E-state index contributed by atoms with van der Waals surface area (Å²) in [4.78, 5) is 44.3. The summed E-state index contributed by atoms with van der Waals surface area (Å²) >= 11 is 0. The van der Waals surface area contributed by atoms with Gasteiger partial charge in [0, 0.05) is 25.4 Å². The first-order valence-corrected chi connectivity index (χ1v) is 15.7. The van der Waals surface area contributed by atoms with Crippen molar-refractivity contribution >= 4 is 23.9 Å². The van der Waals surface area contributed by atoms with Gasteiger partial charge in [0.1, 0.15) is 18.7 Å². The van der Waals surface area contributed by atoms with Crippen LogP contribution in [0.5, 0.6) is 0 Å². The molecule has 0 saturated heterocycles. The summed E-state index contributed by atoms with van der Waals surface area (Å²) in [6.45, 7) is 0.701. The average molecular weight is 633 g/mol. The van der Waals surface area contributed by atoms with Crippen molar-refractivity contribution in [1.29, 1.82) is 0 Å². The number of nitrogens with zero attached hydrogens (tertiary/aromatic N) is 1. The lowest BCUT2D eigenvalue weighted by atomic mass is 9.98. The molecule has 10 heteroatoms. The quantitative estimate of drug-likeness (QED) is 0.0803. The highest BCUT2D eigenvalue weighted by Crippen LogP contribution is 2.44. The molecule has 242 valence electrons. The Morgan fingerprint density at radius 3 is 1.89 bits per heavy atom. The Hall–Kier alpha value is -5.64. The van der Waals surface area contributed by atoms with Crippen LogP contribution in [0.25, 0.3) is 11.1 Å². The average Bonchev–Trinajstić information content (AvgIpc) is 3.41. The summed E-state index contributed by atoms with van der Waals surface area (Å²) in [6, 6.07) is 33.1. The van der Waals surface area contributed by atoms with Crippen LogP contribution >= 0.6 is 0 Å². The molecule has 0 aliphatic heterocycles. The number of guanidine groups is 1. The Labute approximate surface area is 274 Å². The molecule has 0 unspecified atom stereocenters. The fourth-order valence-corrected chi connectivity index (χ4v) is 5.79. The second-order valence-electron chi connectivity index (χ2n) is 11.4. The molecule has 2 atom stereocenters. The smallest absolute Gasteiger partial charge is 0.407 e. The zero-order valence-electron chi connectivity index (χ0n) is 26.1. The number of hydrogen-bond acceptors (Lipinski definition) is 5. The second-order valence-corrected chi connectivity index (χ2v) is 11.4. The van der Waals surface area contributed by atoms with E-state index in [1.165, 1.54) is 0 Å². The number of alkyl carbamates (subject to hydrolysis) is 1.